The molecule has 5 rings (SSSR count). The van der Waals surface area contributed by atoms with Crippen molar-refractivity contribution in [3.63, 3.8) is 0 Å². The standard InChI is InChI=1S/C26H31ClN4O2/c1-17-3-5-21(6-4-17)31-24-14-22(27)18(2)13-23(24)29-26(31)30-10-7-20(8-11-30)25(32)28-15-19-9-12-33-16-19/h3-6,13-14,19-20H,7-12,15-16H2,1-2H3,(H,28,32). The fraction of sp³-hybridized carbons (Fsp3) is 0.462. The van der Waals surface area contributed by atoms with Gasteiger partial charge in [0.05, 0.1) is 17.6 Å². The van der Waals surface area contributed by atoms with Crippen LogP contribution in [0.1, 0.15) is 30.4 Å². The Kier molecular flexibility index (Phi) is 6.30. The van der Waals surface area contributed by atoms with Crippen molar-refractivity contribution >= 4 is 34.5 Å². The molecule has 6 nitrogen and oxygen atoms in total. The molecule has 1 N–H and O–H groups in total. The lowest BCUT2D eigenvalue weighted by atomic mass is 9.96. The number of carbonyl (C=O) groups excluding carboxylic acids is 1. The molecule has 2 saturated heterocycles. The summed E-state index contributed by atoms with van der Waals surface area (Å²) in [6, 6.07) is 12.6. The van der Waals surface area contributed by atoms with Crippen molar-refractivity contribution in [2.24, 2.45) is 11.8 Å². The van der Waals surface area contributed by atoms with Gasteiger partial charge in [-0.3, -0.25) is 9.36 Å². The van der Waals surface area contributed by atoms with Gasteiger partial charge in [-0.1, -0.05) is 29.3 Å². The molecule has 1 aromatic heterocycles. The van der Waals surface area contributed by atoms with Crippen molar-refractivity contribution < 1.29 is 9.53 Å². The van der Waals surface area contributed by atoms with Crippen LogP contribution in [0.3, 0.4) is 0 Å². The maximum Gasteiger partial charge on any atom is 0.223 e. The number of rotatable bonds is 5. The summed E-state index contributed by atoms with van der Waals surface area (Å²) >= 11 is 6.49. The summed E-state index contributed by atoms with van der Waals surface area (Å²) in [6.45, 7) is 7.99. The quantitative estimate of drug-likeness (QED) is 0.593. The molecule has 2 aliphatic heterocycles. The zero-order chi connectivity index (χ0) is 22.9. The molecule has 0 bridgehead atoms. The summed E-state index contributed by atoms with van der Waals surface area (Å²) in [7, 11) is 0. The van der Waals surface area contributed by atoms with Crippen molar-refractivity contribution in [1.29, 1.82) is 0 Å². The Morgan fingerprint density at radius 3 is 2.61 bits per heavy atom. The molecule has 1 unspecified atom stereocenters. The molecule has 7 heteroatoms. The fourth-order valence-electron chi connectivity index (χ4n) is 4.83. The lowest BCUT2D eigenvalue weighted by Crippen LogP contribution is -2.42. The first-order valence-electron chi connectivity index (χ1n) is 11.9. The molecule has 0 saturated carbocycles. The van der Waals surface area contributed by atoms with Gasteiger partial charge in [0.2, 0.25) is 11.9 Å². The minimum Gasteiger partial charge on any atom is -0.381 e. The number of imidazole rings is 1. The van der Waals surface area contributed by atoms with Crippen molar-refractivity contribution in [3.05, 3.63) is 52.5 Å². The molecular weight excluding hydrogens is 436 g/mol. The van der Waals surface area contributed by atoms with Crippen LogP contribution in [0.25, 0.3) is 16.7 Å². The van der Waals surface area contributed by atoms with E-state index in [-0.39, 0.29) is 11.8 Å². The highest BCUT2D eigenvalue weighted by molar-refractivity contribution is 6.32. The average molecular weight is 467 g/mol. The van der Waals surface area contributed by atoms with Crippen molar-refractivity contribution in [3.8, 4) is 5.69 Å². The Morgan fingerprint density at radius 1 is 1.15 bits per heavy atom. The van der Waals surface area contributed by atoms with Gasteiger partial charge in [0.15, 0.2) is 0 Å². The van der Waals surface area contributed by atoms with Crippen LogP contribution in [0.2, 0.25) is 5.02 Å². The van der Waals surface area contributed by atoms with E-state index in [1.807, 2.05) is 13.0 Å². The highest BCUT2D eigenvalue weighted by atomic mass is 35.5. The predicted octanol–water partition coefficient (Wildman–Crippen LogP) is 4.66. The van der Waals surface area contributed by atoms with E-state index in [9.17, 15) is 4.79 Å². The molecule has 1 atom stereocenters. The monoisotopic (exact) mass is 466 g/mol. The molecule has 174 valence electrons. The number of carbonyl (C=O) groups is 1. The molecular formula is C26H31ClN4O2. The minimum absolute atomic E-state index is 0.0532. The van der Waals surface area contributed by atoms with Gasteiger partial charge in [-0.25, -0.2) is 4.98 Å². The highest BCUT2D eigenvalue weighted by Crippen LogP contribution is 2.33. The van der Waals surface area contributed by atoms with Crippen LogP contribution in [0.4, 0.5) is 5.95 Å². The number of benzene rings is 2. The van der Waals surface area contributed by atoms with E-state index >= 15 is 0 Å². The number of hydrogen-bond donors (Lipinski definition) is 1. The number of fused-ring (bicyclic) bond motifs is 1. The van der Waals surface area contributed by atoms with Gasteiger partial charge in [0.1, 0.15) is 0 Å². The molecule has 33 heavy (non-hydrogen) atoms. The van der Waals surface area contributed by atoms with Crippen LogP contribution in [-0.4, -0.2) is 48.3 Å². The Hall–Kier alpha value is -2.57. The van der Waals surface area contributed by atoms with Crippen LogP contribution in [-0.2, 0) is 9.53 Å². The van der Waals surface area contributed by atoms with Crippen LogP contribution in [0.5, 0.6) is 0 Å². The van der Waals surface area contributed by atoms with E-state index in [1.54, 1.807) is 0 Å². The summed E-state index contributed by atoms with van der Waals surface area (Å²) in [5.41, 5.74) is 5.24. The van der Waals surface area contributed by atoms with Gasteiger partial charge in [-0.05, 0) is 62.9 Å². The second kappa shape index (κ2) is 9.35. The Bertz CT molecular complexity index is 1140. The lowest BCUT2D eigenvalue weighted by Gasteiger charge is -2.32. The number of nitrogens with zero attached hydrogens (tertiary/aromatic N) is 3. The average Bonchev–Trinajstić information content (AvgIpc) is 3.47. The number of anilines is 1. The molecule has 2 aromatic carbocycles. The van der Waals surface area contributed by atoms with E-state index in [0.29, 0.717) is 5.92 Å². The number of nitrogens with one attached hydrogen (secondary N) is 1. The van der Waals surface area contributed by atoms with Crippen LogP contribution >= 0.6 is 11.6 Å². The third-order valence-electron chi connectivity index (χ3n) is 6.95. The summed E-state index contributed by atoms with van der Waals surface area (Å²) < 4.78 is 7.61. The number of aryl methyl sites for hydroxylation is 2. The molecule has 3 aromatic rings. The normalized spacial score (nSPS) is 19.4. The maximum absolute atomic E-state index is 12.7. The molecule has 0 radical (unpaired) electrons. The van der Waals surface area contributed by atoms with E-state index in [0.717, 1.165) is 85.4 Å². The van der Waals surface area contributed by atoms with Gasteiger partial charge in [-0.2, -0.15) is 0 Å². The molecule has 0 aliphatic carbocycles. The van der Waals surface area contributed by atoms with Crippen LogP contribution < -0.4 is 10.2 Å². The first kappa shape index (κ1) is 22.2. The number of halogens is 1. The zero-order valence-electron chi connectivity index (χ0n) is 19.3. The van der Waals surface area contributed by atoms with E-state index in [4.69, 9.17) is 21.3 Å². The van der Waals surface area contributed by atoms with Gasteiger partial charge in [0.25, 0.3) is 0 Å². The third-order valence-corrected chi connectivity index (χ3v) is 7.35. The van der Waals surface area contributed by atoms with Gasteiger partial charge < -0.3 is 15.0 Å². The second-order valence-electron chi connectivity index (χ2n) is 9.41. The SMILES string of the molecule is Cc1ccc(-n2c(N3CCC(C(=O)NCC4CCOC4)CC3)nc3cc(C)c(Cl)cc32)cc1. The Labute approximate surface area is 199 Å². The molecule has 2 aliphatic rings. The zero-order valence-corrected chi connectivity index (χ0v) is 20.1. The van der Waals surface area contributed by atoms with Gasteiger partial charge >= 0.3 is 0 Å². The smallest absolute Gasteiger partial charge is 0.223 e. The predicted molar refractivity (Wildman–Crippen MR) is 132 cm³/mol. The first-order chi connectivity index (χ1) is 16.0. The first-order valence-corrected chi connectivity index (χ1v) is 12.2. The largest absolute Gasteiger partial charge is 0.381 e. The fourth-order valence-corrected chi connectivity index (χ4v) is 4.98. The lowest BCUT2D eigenvalue weighted by molar-refractivity contribution is -0.125. The summed E-state index contributed by atoms with van der Waals surface area (Å²) in [5, 5.41) is 3.89. The summed E-state index contributed by atoms with van der Waals surface area (Å²) in [6.07, 6.45) is 2.69. The van der Waals surface area contributed by atoms with Crippen molar-refractivity contribution in [2.75, 3.05) is 37.7 Å². The Morgan fingerprint density at radius 2 is 1.91 bits per heavy atom. The number of amides is 1. The van der Waals surface area contributed by atoms with Crippen LogP contribution in [0, 0.1) is 25.7 Å². The Balaban J connectivity index is 1.37. The molecule has 3 heterocycles. The van der Waals surface area contributed by atoms with Crippen molar-refractivity contribution in [2.45, 2.75) is 33.1 Å². The number of ether oxygens (including phenoxy) is 1. The number of hydrogen-bond acceptors (Lipinski definition) is 4. The maximum atomic E-state index is 12.7. The van der Waals surface area contributed by atoms with E-state index < -0.39 is 0 Å². The summed E-state index contributed by atoms with van der Waals surface area (Å²) in [4.78, 5) is 20.0. The van der Waals surface area contributed by atoms with E-state index in [2.05, 4.69) is 52.0 Å². The van der Waals surface area contributed by atoms with Gasteiger partial charge in [0, 0.05) is 48.8 Å². The molecule has 0 spiro atoms. The molecule has 2 fully saturated rings. The minimum atomic E-state index is 0.0532. The second-order valence-corrected chi connectivity index (χ2v) is 9.82. The number of piperidine rings is 1. The topological polar surface area (TPSA) is 59.4 Å². The molecule has 1 amide bonds. The third kappa shape index (κ3) is 4.59. The summed E-state index contributed by atoms with van der Waals surface area (Å²) in [5.74, 6) is 1.60. The highest BCUT2D eigenvalue weighted by Gasteiger charge is 2.29. The van der Waals surface area contributed by atoms with E-state index in [1.165, 1.54) is 5.56 Å². The number of aromatic nitrogens is 2. The van der Waals surface area contributed by atoms with Crippen molar-refractivity contribution in [1.82, 2.24) is 14.9 Å². The van der Waals surface area contributed by atoms with Crippen LogP contribution in [0.15, 0.2) is 36.4 Å². The van der Waals surface area contributed by atoms with Gasteiger partial charge in [-0.15, -0.1) is 0 Å².